The van der Waals surface area contributed by atoms with E-state index >= 15 is 0 Å². The van der Waals surface area contributed by atoms with Gasteiger partial charge < -0.3 is 10.4 Å². The van der Waals surface area contributed by atoms with Crippen molar-refractivity contribution < 1.29 is 19.1 Å². The molecule has 1 aliphatic rings. The molecule has 0 heterocycles. The van der Waals surface area contributed by atoms with Gasteiger partial charge in [0, 0.05) is 5.69 Å². The standard InChI is InChI=1S/C15H18FNO3/c1-9-6-7-10(8-13(9)16)17-14(18)11-4-2-3-5-12(11)15(19)20/h6-8,11-12H,2-5H2,1H3,(H,17,18)(H,19,20)/t11-,12-/m0/s1. The maximum atomic E-state index is 13.4. The summed E-state index contributed by atoms with van der Waals surface area (Å²) in [6.07, 6.45) is 2.77. The van der Waals surface area contributed by atoms with Gasteiger partial charge in [0.25, 0.3) is 0 Å². The van der Waals surface area contributed by atoms with E-state index in [4.69, 9.17) is 5.11 Å². The van der Waals surface area contributed by atoms with Gasteiger partial charge in [-0.15, -0.1) is 0 Å². The Balaban J connectivity index is 2.09. The molecule has 1 fully saturated rings. The van der Waals surface area contributed by atoms with Crippen LogP contribution in [0, 0.1) is 24.6 Å². The second-order valence-corrected chi connectivity index (χ2v) is 5.29. The lowest BCUT2D eigenvalue weighted by molar-refractivity contribution is -0.147. The quantitative estimate of drug-likeness (QED) is 0.894. The Morgan fingerprint density at radius 1 is 1.25 bits per heavy atom. The summed E-state index contributed by atoms with van der Waals surface area (Å²) < 4.78 is 13.4. The van der Waals surface area contributed by atoms with E-state index in [0.29, 0.717) is 24.1 Å². The highest BCUT2D eigenvalue weighted by molar-refractivity contribution is 5.95. The SMILES string of the molecule is Cc1ccc(NC(=O)[C@H]2CCCC[C@@H]2C(=O)O)cc1F. The number of rotatable bonds is 3. The molecule has 1 aromatic carbocycles. The minimum Gasteiger partial charge on any atom is -0.481 e. The molecule has 20 heavy (non-hydrogen) atoms. The average molecular weight is 279 g/mol. The molecule has 2 rings (SSSR count). The van der Waals surface area contributed by atoms with E-state index in [0.717, 1.165) is 12.8 Å². The van der Waals surface area contributed by atoms with Crippen LogP contribution in [0.2, 0.25) is 0 Å². The van der Waals surface area contributed by atoms with Crippen LogP contribution in [0.4, 0.5) is 10.1 Å². The van der Waals surface area contributed by atoms with Crippen molar-refractivity contribution in [2.45, 2.75) is 32.6 Å². The first-order valence-electron chi connectivity index (χ1n) is 6.79. The predicted octanol–water partition coefficient (Wildman–Crippen LogP) is 2.96. The molecule has 0 bridgehead atoms. The molecule has 1 amide bonds. The molecule has 0 unspecified atom stereocenters. The van der Waals surface area contributed by atoms with E-state index in [1.807, 2.05) is 0 Å². The summed E-state index contributed by atoms with van der Waals surface area (Å²) in [6, 6.07) is 4.46. The number of nitrogens with one attached hydrogen (secondary N) is 1. The van der Waals surface area contributed by atoms with Gasteiger partial charge in [-0.2, -0.15) is 0 Å². The summed E-state index contributed by atoms with van der Waals surface area (Å²) in [5.74, 6) is -2.83. The van der Waals surface area contributed by atoms with Crippen LogP contribution in [-0.4, -0.2) is 17.0 Å². The van der Waals surface area contributed by atoms with Crippen LogP contribution in [0.5, 0.6) is 0 Å². The number of amides is 1. The highest BCUT2D eigenvalue weighted by atomic mass is 19.1. The molecule has 0 aliphatic heterocycles. The van der Waals surface area contributed by atoms with Gasteiger partial charge in [0.2, 0.25) is 5.91 Å². The third kappa shape index (κ3) is 3.15. The van der Waals surface area contributed by atoms with Crippen molar-refractivity contribution in [1.82, 2.24) is 0 Å². The molecule has 2 atom stereocenters. The number of benzene rings is 1. The number of hydrogen-bond acceptors (Lipinski definition) is 2. The minimum atomic E-state index is -0.931. The van der Waals surface area contributed by atoms with Gasteiger partial charge in [0.05, 0.1) is 11.8 Å². The molecule has 1 aliphatic carbocycles. The summed E-state index contributed by atoms with van der Waals surface area (Å²) in [7, 11) is 0. The van der Waals surface area contributed by atoms with Crippen LogP contribution < -0.4 is 5.32 Å². The molecule has 4 nitrogen and oxygen atoms in total. The van der Waals surface area contributed by atoms with Crippen LogP contribution in [0.3, 0.4) is 0 Å². The van der Waals surface area contributed by atoms with Crippen molar-refractivity contribution in [3.05, 3.63) is 29.6 Å². The molecular weight excluding hydrogens is 261 g/mol. The highest BCUT2D eigenvalue weighted by Gasteiger charge is 2.35. The zero-order chi connectivity index (χ0) is 14.7. The first-order chi connectivity index (χ1) is 9.49. The molecule has 108 valence electrons. The smallest absolute Gasteiger partial charge is 0.307 e. The first-order valence-corrected chi connectivity index (χ1v) is 6.79. The van der Waals surface area contributed by atoms with Crippen LogP contribution in [0.1, 0.15) is 31.2 Å². The lowest BCUT2D eigenvalue weighted by Crippen LogP contribution is -2.36. The number of halogens is 1. The van der Waals surface area contributed by atoms with E-state index < -0.39 is 17.8 Å². The number of carbonyl (C=O) groups is 2. The maximum Gasteiger partial charge on any atom is 0.307 e. The van der Waals surface area contributed by atoms with Crippen LogP contribution in [-0.2, 0) is 9.59 Å². The Hall–Kier alpha value is -1.91. The van der Waals surface area contributed by atoms with Crippen LogP contribution >= 0.6 is 0 Å². The number of carbonyl (C=O) groups excluding carboxylic acids is 1. The Morgan fingerprint density at radius 2 is 1.90 bits per heavy atom. The molecule has 0 radical (unpaired) electrons. The number of aryl methyl sites for hydroxylation is 1. The first kappa shape index (κ1) is 14.5. The Bertz CT molecular complexity index is 530. The van der Waals surface area contributed by atoms with E-state index in [9.17, 15) is 14.0 Å². The zero-order valence-electron chi connectivity index (χ0n) is 11.4. The fraction of sp³-hybridized carbons (Fsp3) is 0.467. The monoisotopic (exact) mass is 279 g/mol. The molecule has 1 aromatic rings. The largest absolute Gasteiger partial charge is 0.481 e. The number of anilines is 1. The Morgan fingerprint density at radius 3 is 2.50 bits per heavy atom. The summed E-state index contributed by atoms with van der Waals surface area (Å²) in [6.45, 7) is 1.64. The fourth-order valence-electron chi connectivity index (χ4n) is 2.65. The molecule has 2 N–H and O–H groups in total. The summed E-state index contributed by atoms with van der Waals surface area (Å²) >= 11 is 0. The van der Waals surface area contributed by atoms with Gasteiger partial charge in [-0.1, -0.05) is 18.9 Å². The lowest BCUT2D eigenvalue weighted by atomic mass is 9.78. The van der Waals surface area contributed by atoms with Crippen molar-refractivity contribution in [3.8, 4) is 0 Å². The molecule has 5 heteroatoms. The second kappa shape index (κ2) is 6.03. The van der Waals surface area contributed by atoms with Crippen molar-refractivity contribution in [2.75, 3.05) is 5.32 Å². The Labute approximate surface area is 117 Å². The summed E-state index contributed by atoms with van der Waals surface area (Å²) in [4.78, 5) is 23.4. The van der Waals surface area contributed by atoms with E-state index in [2.05, 4.69) is 5.32 Å². The van der Waals surface area contributed by atoms with Crippen molar-refractivity contribution in [3.63, 3.8) is 0 Å². The van der Waals surface area contributed by atoms with E-state index in [-0.39, 0.29) is 11.7 Å². The van der Waals surface area contributed by atoms with Crippen molar-refractivity contribution in [2.24, 2.45) is 11.8 Å². The molecule has 0 aromatic heterocycles. The third-order valence-corrected chi connectivity index (χ3v) is 3.86. The summed E-state index contributed by atoms with van der Waals surface area (Å²) in [5, 5.41) is 11.8. The van der Waals surface area contributed by atoms with Gasteiger partial charge in [0.1, 0.15) is 5.82 Å². The maximum absolute atomic E-state index is 13.4. The third-order valence-electron chi connectivity index (χ3n) is 3.86. The molecular formula is C15H18FNO3. The van der Waals surface area contributed by atoms with Crippen LogP contribution in [0.25, 0.3) is 0 Å². The fourth-order valence-corrected chi connectivity index (χ4v) is 2.65. The molecule has 1 saturated carbocycles. The number of aliphatic carboxylic acids is 1. The van der Waals surface area contributed by atoms with Crippen molar-refractivity contribution >= 4 is 17.6 Å². The number of hydrogen-bond donors (Lipinski definition) is 2. The molecule has 0 saturated heterocycles. The number of carboxylic acid groups (broad SMARTS) is 1. The average Bonchev–Trinajstić information content (AvgIpc) is 2.43. The predicted molar refractivity (Wildman–Crippen MR) is 72.9 cm³/mol. The van der Waals surface area contributed by atoms with E-state index in [1.165, 1.54) is 6.07 Å². The topological polar surface area (TPSA) is 66.4 Å². The molecule has 0 spiro atoms. The van der Waals surface area contributed by atoms with Gasteiger partial charge in [-0.3, -0.25) is 9.59 Å². The second-order valence-electron chi connectivity index (χ2n) is 5.29. The van der Waals surface area contributed by atoms with Gasteiger partial charge in [-0.05, 0) is 37.5 Å². The van der Waals surface area contributed by atoms with Crippen molar-refractivity contribution in [1.29, 1.82) is 0 Å². The van der Waals surface area contributed by atoms with E-state index in [1.54, 1.807) is 19.1 Å². The zero-order valence-corrected chi connectivity index (χ0v) is 11.4. The normalized spacial score (nSPS) is 22.3. The highest BCUT2D eigenvalue weighted by Crippen LogP contribution is 2.31. The number of carboxylic acids is 1. The van der Waals surface area contributed by atoms with Crippen LogP contribution in [0.15, 0.2) is 18.2 Å². The minimum absolute atomic E-state index is 0.333. The van der Waals surface area contributed by atoms with Gasteiger partial charge in [-0.25, -0.2) is 4.39 Å². The lowest BCUT2D eigenvalue weighted by Gasteiger charge is -2.27. The van der Waals surface area contributed by atoms with Gasteiger partial charge in [0.15, 0.2) is 0 Å². The summed E-state index contributed by atoms with van der Waals surface area (Å²) in [5.41, 5.74) is 0.872. The Kier molecular flexibility index (Phi) is 4.37. The van der Waals surface area contributed by atoms with Gasteiger partial charge >= 0.3 is 5.97 Å².